The summed E-state index contributed by atoms with van der Waals surface area (Å²) in [6, 6.07) is 61.5. The maximum absolute atomic E-state index is 2.48. The van der Waals surface area contributed by atoms with Crippen molar-refractivity contribution in [2.24, 2.45) is 5.92 Å². The Balaban J connectivity index is 1.11. The van der Waals surface area contributed by atoms with Crippen LogP contribution in [-0.4, -0.2) is 0 Å². The van der Waals surface area contributed by atoms with Crippen LogP contribution in [0.4, 0.5) is 0 Å². The Kier molecular flexibility index (Phi) is 9.14. The highest BCUT2D eigenvalue weighted by Crippen LogP contribution is 2.47. The smallest absolute Gasteiger partial charge is 0.00201 e. The zero-order valence-electron chi connectivity index (χ0n) is 33.9. The van der Waals surface area contributed by atoms with Gasteiger partial charge in [0, 0.05) is 0 Å². The molecule has 58 heavy (non-hydrogen) atoms. The quantitative estimate of drug-likeness (QED) is 0.149. The van der Waals surface area contributed by atoms with E-state index in [9.17, 15) is 0 Å². The van der Waals surface area contributed by atoms with Crippen molar-refractivity contribution in [2.75, 3.05) is 0 Å². The summed E-state index contributed by atoms with van der Waals surface area (Å²) < 4.78 is 0. The SMILES string of the molecule is CCC1CC=C(c2ccc(-c3c4ccccc4c(-c4ccc(-c5c(C)cc(C)cc5C)c5ccccc45)c4ccccc34)cc2)C=C(c2ccc3ccccc3c2)C1. The van der Waals surface area contributed by atoms with Gasteiger partial charge < -0.3 is 0 Å². The standard InChI is InChI=1S/C58H48/c1-5-40-22-23-45(36-47(34-40)46-29-26-41-14-6-7-15-44(41)35-46)42-24-27-43(28-25-42)57-50-18-10-12-20-52(50)58(53-21-13-11-19-51(53)57)55-31-30-54(48-16-8-9-17-49(48)55)56-38(3)32-37(2)33-39(56)4/h6-21,23-33,35-36,40H,5,22,34H2,1-4H3. The monoisotopic (exact) mass is 744 g/mol. The van der Waals surface area contributed by atoms with Crippen LogP contribution in [-0.2, 0) is 0 Å². The van der Waals surface area contributed by atoms with Crippen molar-refractivity contribution in [3.8, 4) is 33.4 Å². The van der Waals surface area contributed by atoms with Gasteiger partial charge in [0.1, 0.15) is 0 Å². The van der Waals surface area contributed by atoms with E-state index < -0.39 is 0 Å². The van der Waals surface area contributed by atoms with Crippen LogP contribution in [0.25, 0.3) is 87.6 Å². The second kappa shape index (κ2) is 14.8. The normalized spacial score (nSPS) is 14.5. The lowest BCUT2D eigenvalue weighted by atomic mass is 9.83. The maximum atomic E-state index is 2.48. The van der Waals surface area contributed by atoms with Crippen LogP contribution in [0.15, 0.2) is 176 Å². The van der Waals surface area contributed by atoms with E-state index in [2.05, 4.69) is 204 Å². The lowest BCUT2D eigenvalue weighted by Crippen LogP contribution is -1.98. The fraction of sp³-hybridized carbons (Fsp3) is 0.138. The lowest BCUT2D eigenvalue weighted by molar-refractivity contribution is 0.533. The van der Waals surface area contributed by atoms with E-state index in [0.29, 0.717) is 5.92 Å². The number of allylic oxidation sites excluding steroid dienone is 4. The average molecular weight is 745 g/mol. The molecule has 0 bridgehead atoms. The van der Waals surface area contributed by atoms with Crippen molar-refractivity contribution in [3.63, 3.8) is 0 Å². The van der Waals surface area contributed by atoms with Crippen molar-refractivity contribution >= 4 is 54.2 Å². The van der Waals surface area contributed by atoms with E-state index in [1.54, 1.807) is 0 Å². The summed E-state index contributed by atoms with van der Waals surface area (Å²) in [5, 5.41) is 10.3. The molecule has 0 heteroatoms. The minimum Gasteiger partial charge on any atom is -0.0764 e. The predicted octanol–water partition coefficient (Wildman–Crippen LogP) is 16.5. The Bertz CT molecular complexity index is 3030. The van der Waals surface area contributed by atoms with Crippen LogP contribution in [0.2, 0.25) is 0 Å². The minimum absolute atomic E-state index is 0.634. The van der Waals surface area contributed by atoms with Crippen molar-refractivity contribution in [1.82, 2.24) is 0 Å². The third-order valence-electron chi connectivity index (χ3n) is 12.8. The molecule has 10 rings (SSSR count). The van der Waals surface area contributed by atoms with Crippen molar-refractivity contribution in [1.29, 1.82) is 0 Å². The van der Waals surface area contributed by atoms with Gasteiger partial charge in [-0.05, 0) is 155 Å². The average Bonchev–Trinajstić information content (AvgIpc) is 3.48. The summed E-state index contributed by atoms with van der Waals surface area (Å²) >= 11 is 0. The van der Waals surface area contributed by atoms with E-state index in [1.165, 1.54) is 122 Å². The lowest BCUT2D eigenvalue weighted by Gasteiger charge is -2.20. The molecule has 0 nitrogen and oxygen atoms in total. The Morgan fingerprint density at radius 2 is 0.948 bits per heavy atom. The molecule has 0 aromatic heterocycles. The molecule has 1 aliphatic rings. The number of fused-ring (bicyclic) bond motifs is 4. The molecule has 0 fully saturated rings. The third kappa shape index (κ3) is 6.25. The molecule has 0 N–H and O–H groups in total. The number of benzene rings is 9. The largest absolute Gasteiger partial charge is 0.0764 e. The molecule has 9 aromatic carbocycles. The molecule has 0 aliphatic heterocycles. The molecule has 1 atom stereocenters. The van der Waals surface area contributed by atoms with Gasteiger partial charge in [-0.25, -0.2) is 0 Å². The molecule has 1 aliphatic carbocycles. The molecule has 0 spiro atoms. The zero-order chi connectivity index (χ0) is 39.3. The third-order valence-corrected chi connectivity index (χ3v) is 12.8. The Labute approximate surface area is 342 Å². The summed E-state index contributed by atoms with van der Waals surface area (Å²) in [4.78, 5) is 0. The van der Waals surface area contributed by atoms with Gasteiger partial charge in [0.05, 0.1) is 0 Å². The first-order valence-electron chi connectivity index (χ1n) is 21.0. The number of rotatable bonds is 6. The van der Waals surface area contributed by atoms with Gasteiger partial charge in [0.15, 0.2) is 0 Å². The molecular formula is C58H48. The molecular weight excluding hydrogens is 697 g/mol. The minimum atomic E-state index is 0.634. The summed E-state index contributed by atoms with van der Waals surface area (Å²) in [5.41, 5.74) is 17.1. The van der Waals surface area contributed by atoms with Gasteiger partial charge in [-0.1, -0.05) is 189 Å². The first-order chi connectivity index (χ1) is 28.4. The fourth-order valence-corrected chi connectivity index (χ4v) is 9.99. The summed E-state index contributed by atoms with van der Waals surface area (Å²) in [6.07, 6.45) is 8.31. The van der Waals surface area contributed by atoms with E-state index in [1.807, 2.05) is 0 Å². The molecule has 9 aromatic rings. The van der Waals surface area contributed by atoms with Gasteiger partial charge in [-0.3, -0.25) is 0 Å². The second-order valence-corrected chi connectivity index (χ2v) is 16.5. The summed E-state index contributed by atoms with van der Waals surface area (Å²) in [5.74, 6) is 0.634. The molecule has 280 valence electrons. The Morgan fingerprint density at radius 3 is 1.55 bits per heavy atom. The van der Waals surface area contributed by atoms with Gasteiger partial charge in [0.2, 0.25) is 0 Å². The van der Waals surface area contributed by atoms with Crippen molar-refractivity contribution in [3.05, 3.63) is 204 Å². The van der Waals surface area contributed by atoms with Crippen molar-refractivity contribution in [2.45, 2.75) is 47.0 Å². The first-order valence-corrected chi connectivity index (χ1v) is 21.0. The Hall–Kier alpha value is -6.50. The Morgan fingerprint density at radius 1 is 0.448 bits per heavy atom. The van der Waals surface area contributed by atoms with Crippen LogP contribution in [0.3, 0.4) is 0 Å². The van der Waals surface area contributed by atoms with Gasteiger partial charge >= 0.3 is 0 Å². The van der Waals surface area contributed by atoms with E-state index >= 15 is 0 Å². The van der Waals surface area contributed by atoms with E-state index in [-0.39, 0.29) is 0 Å². The number of hydrogen-bond donors (Lipinski definition) is 0. The maximum Gasteiger partial charge on any atom is -0.00201 e. The molecule has 0 saturated heterocycles. The topological polar surface area (TPSA) is 0 Å². The van der Waals surface area contributed by atoms with Crippen LogP contribution >= 0.6 is 0 Å². The van der Waals surface area contributed by atoms with Gasteiger partial charge in [-0.15, -0.1) is 0 Å². The molecule has 0 saturated carbocycles. The predicted molar refractivity (Wildman–Crippen MR) is 252 cm³/mol. The number of hydrogen-bond acceptors (Lipinski definition) is 0. The van der Waals surface area contributed by atoms with Gasteiger partial charge in [0.25, 0.3) is 0 Å². The zero-order valence-corrected chi connectivity index (χ0v) is 33.9. The van der Waals surface area contributed by atoms with Crippen LogP contribution < -0.4 is 0 Å². The molecule has 0 amide bonds. The molecule has 1 unspecified atom stereocenters. The summed E-state index contributed by atoms with van der Waals surface area (Å²) in [6.45, 7) is 9.02. The first kappa shape index (κ1) is 35.9. The van der Waals surface area contributed by atoms with Crippen LogP contribution in [0.5, 0.6) is 0 Å². The van der Waals surface area contributed by atoms with Crippen molar-refractivity contribution < 1.29 is 0 Å². The highest BCUT2D eigenvalue weighted by molar-refractivity contribution is 6.24. The second-order valence-electron chi connectivity index (χ2n) is 16.5. The fourth-order valence-electron chi connectivity index (χ4n) is 9.99. The van der Waals surface area contributed by atoms with E-state index in [4.69, 9.17) is 0 Å². The molecule has 0 heterocycles. The van der Waals surface area contributed by atoms with Crippen LogP contribution in [0, 0.1) is 26.7 Å². The summed E-state index contributed by atoms with van der Waals surface area (Å²) in [7, 11) is 0. The van der Waals surface area contributed by atoms with Gasteiger partial charge in [-0.2, -0.15) is 0 Å². The highest BCUT2D eigenvalue weighted by Gasteiger charge is 2.21. The molecule has 0 radical (unpaired) electrons. The van der Waals surface area contributed by atoms with E-state index in [0.717, 1.165) is 12.8 Å². The number of aryl methyl sites for hydroxylation is 3. The highest BCUT2D eigenvalue weighted by atomic mass is 14.2. The van der Waals surface area contributed by atoms with Crippen LogP contribution in [0.1, 0.15) is 54.0 Å².